The second kappa shape index (κ2) is 8.65. The SMILES string of the molecule is COc1cc(CC(=O)OCC(=O)Nc2ccc(S(N)(=O)=O)cc2)ccc1C. The van der Waals surface area contributed by atoms with Gasteiger partial charge in [0, 0.05) is 5.69 Å². The Morgan fingerprint density at radius 2 is 1.78 bits per heavy atom. The van der Waals surface area contributed by atoms with E-state index in [2.05, 4.69) is 5.32 Å². The molecule has 0 fully saturated rings. The lowest BCUT2D eigenvalue weighted by molar-refractivity contribution is -0.146. The van der Waals surface area contributed by atoms with Crippen LogP contribution in [0.25, 0.3) is 0 Å². The number of anilines is 1. The lowest BCUT2D eigenvalue weighted by Gasteiger charge is -2.09. The Hall–Kier alpha value is -2.91. The first kappa shape index (κ1) is 20.4. The number of amides is 1. The molecule has 0 heterocycles. The Morgan fingerprint density at radius 1 is 1.11 bits per heavy atom. The fourth-order valence-corrected chi connectivity index (χ4v) is 2.78. The molecule has 2 aromatic rings. The van der Waals surface area contributed by atoms with Crippen molar-refractivity contribution in [2.75, 3.05) is 19.0 Å². The summed E-state index contributed by atoms with van der Waals surface area (Å²) in [4.78, 5) is 23.7. The van der Waals surface area contributed by atoms with Gasteiger partial charge in [-0.25, -0.2) is 13.6 Å². The summed E-state index contributed by atoms with van der Waals surface area (Å²) in [6.07, 6.45) is 0.00692. The largest absolute Gasteiger partial charge is 0.496 e. The third kappa shape index (κ3) is 6.08. The second-order valence-corrected chi connectivity index (χ2v) is 7.32. The van der Waals surface area contributed by atoms with Gasteiger partial charge in [0.15, 0.2) is 6.61 Å². The molecule has 0 radical (unpaired) electrons. The first-order valence-electron chi connectivity index (χ1n) is 7.91. The van der Waals surface area contributed by atoms with E-state index in [9.17, 15) is 18.0 Å². The van der Waals surface area contributed by atoms with Gasteiger partial charge in [-0.05, 0) is 48.4 Å². The van der Waals surface area contributed by atoms with E-state index in [1.807, 2.05) is 13.0 Å². The molecular formula is C18H20N2O6S. The molecule has 144 valence electrons. The molecule has 0 aliphatic rings. The van der Waals surface area contributed by atoms with Crippen molar-refractivity contribution in [1.82, 2.24) is 0 Å². The van der Waals surface area contributed by atoms with Gasteiger partial charge in [0.05, 0.1) is 18.4 Å². The summed E-state index contributed by atoms with van der Waals surface area (Å²) in [5, 5.41) is 7.49. The number of carbonyl (C=O) groups is 2. The minimum atomic E-state index is -3.80. The lowest BCUT2D eigenvalue weighted by Crippen LogP contribution is -2.21. The first-order valence-corrected chi connectivity index (χ1v) is 9.45. The predicted octanol–water partition coefficient (Wildman–Crippen LogP) is 1.38. The molecule has 0 aliphatic heterocycles. The third-order valence-electron chi connectivity index (χ3n) is 3.65. The molecule has 0 atom stereocenters. The van der Waals surface area contributed by atoms with Crippen molar-refractivity contribution >= 4 is 27.6 Å². The van der Waals surface area contributed by atoms with Gasteiger partial charge in [-0.3, -0.25) is 9.59 Å². The van der Waals surface area contributed by atoms with Crippen LogP contribution in [-0.2, 0) is 30.8 Å². The van der Waals surface area contributed by atoms with Crippen LogP contribution in [0.3, 0.4) is 0 Å². The zero-order valence-corrected chi connectivity index (χ0v) is 15.7. The van der Waals surface area contributed by atoms with E-state index in [1.165, 1.54) is 24.3 Å². The van der Waals surface area contributed by atoms with Crippen molar-refractivity contribution in [2.24, 2.45) is 5.14 Å². The number of methoxy groups -OCH3 is 1. The number of carbonyl (C=O) groups excluding carboxylic acids is 2. The van der Waals surface area contributed by atoms with Crippen molar-refractivity contribution in [1.29, 1.82) is 0 Å². The van der Waals surface area contributed by atoms with Gasteiger partial charge in [-0.2, -0.15) is 0 Å². The molecule has 9 heteroatoms. The van der Waals surface area contributed by atoms with Crippen LogP contribution in [0.4, 0.5) is 5.69 Å². The van der Waals surface area contributed by atoms with E-state index in [-0.39, 0.29) is 11.3 Å². The maximum absolute atomic E-state index is 11.9. The maximum atomic E-state index is 11.9. The number of nitrogens with one attached hydrogen (secondary N) is 1. The Morgan fingerprint density at radius 3 is 2.37 bits per heavy atom. The highest BCUT2D eigenvalue weighted by molar-refractivity contribution is 7.89. The summed E-state index contributed by atoms with van der Waals surface area (Å²) in [5.74, 6) is -0.435. The van der Waals surface area contributed by atoms with Crippen LogP contribution < -0.4 is 15.2 Å². The molecule has 1 amide bonds. The van der Waals surface area contributed by atoms with Crippen molar-refractivity contribution in [3.05, 3.63) is 53.6 Å². The van der Waals surface area contributed by atoms with Crippen LogP contribution in [0.2, 0.25) is 0 Å². The number of hydrogen-bond donors (Lipinski definition) is 2. The molecule has 3 N–H and O–H groups in total. The topological polar surface area (TPSA) is 125 Å². The quantitative estimate of drug-likeness (QED) is 0.686. The molecule has 0 aliphatic carbocycles. The average molecular weight is 392 g/mol. The van der Waals surface area contributed by atoms with E-state index in [0.29, 0.717) is 17.0 Å². The van der Waals surface area contributed by atoms with Crippen LogP contribution in [0.15, 0.2) is 47.4 Å². The Kier molecular flexibility index (Phi) is 6.54. The van der Waals surface area contributed by atoms with Crippen LogP contribution >= 0.6 is 0 Å². The van der Waals surface area contributed by atoms with Crippen molar-refractivity contribution < 1.29 is 27.5 Å². The first-order chi connectivity index (χ1) is 12.7. The Labute approximate surface area is 157 Å². The maximum Gasteiger partial charge on any atom is 0.310 e. The summed E-state index contributed by atoms with van der Waals surface area (Å²) < 4.78 is 32.5. The number of benzene rings is 2. The van der Waals surface area contributed by atoms with E-state index in [1.54, 1.807) is 19.2 Å². The molecule has 0 aromatic heterocycles. The van der Waals surface area contributed by atoms with Gasteiger partial charge in [-0.15, -0.1) is 0 Å². The molecule has 0 unspecified atom stereocenters. The summed E-state index contributed by atoms with van der Waals surface area (Å²) in [7, 11) is -2.25. The molecule has 0 saturated carbocycles. The molecule has 0 spiro atoms. The van der Waals surface area contributed by atoms with Crippen LogP contribution in [-0.4, -0.2) is 34.0 Å². The summed E-state index contributed by atoms with van der Waals surface area (Å²) in [6, 6.07) is 10.7. The van der Waals surface area contributed by atoms with Crippen molar-refractivity contribution in [3.63, 3.8) is 0 Å². The van der Waals surface area contributed by atoms with E-state index in [4.69, 9.17) is 14.6 Å². The van der Waals surface area contributed by atoms with Crippen LogP contribution in [0.5, 0.6) is 5.75 Å². The number of ether oxygens (including phenoxy) is 2. The molecule has 2 aromatic carbocycles. The molecule has 2 rings (SSSR count). The summed E-state index contributed by atoms with van der Waals surface area (Å²) in [6.45, 7) is 1.43. The van der Waals surface area contributed by atoms with Gasteiger partial charge in [0.2, 0.25) is 10.0 Å². The zero-order valence-electron chi connectivity index (χ0n) is 14.9. The number of aryl methyl sites for hydroxylation is 1. The van der Waals surface area contributed by atoms with Gasteiger partial charge >= 0.3 is 5.97 Å². The molecule has 0 saturated heterocycles. The monoisotopic (exact) mass is 392 g/mol. The summed E-state index contributed by atoms with van der Waals surface area (Å²) in [5.41, 5.74) is 2.01. The summed E-state index contributed by atoms with van der Waals surface area (Å²) >= 11 is 0. The Bertz CT molecular complexity index is 939. The normalized spacial score (nSPS) is 10.9. The fraction of sp³-hybridized carbons (Fsp3) is 0.222. The molecule has 0 bridgehead atoms. The van der Waals surface area contributed by atoms with Gasteiger partial charge < -0.3 is 14.8 Å². The third-order valence-corrected chi connectivity index (χ3v) is 4.58. The van der Waals surface area contributed by atoms with Gasteiger partial charge in [0.25, 0.3) is 5.91 Å². The number of sulfonamides is 1. The minimum absolute atomic E-state index is 0.00692. The fourth-order valence-electron chi connectivity index (χ4n) is 2.26. The predicted molar refractivity (Wildman–Crippen MR) is 98.8 cm³/mol. The van der Waals surface area contributed by atoms with Gasteiger partial charge in [-0.1, -0.05) is 12.1 Å². The number of nitrogens with two attached hydrogens (primary N) is 1. The van der Waals surface area contributed by atoms with Crippen molar-refractivity contribution in [2.45, 2.75) is 18.2 Å². The van der Waals surface area contributed by atoms with Crippen LogP contribution in [0.1, 0.15) is 11.1 Å². The minimum Gasteiger partial charge on any atom is -0.496 e. The molecule has 8 nitrogen and oxygen atoms in total. The van der Waals surface area contributed by atoms with E-state index < -0.39 is 28.5 Å². The standard InChI is InChI=1S/C18H20N2O6S/c1-12-3-4-13(9-16(12)25-2)10-18(22)26-11-17(21)20-14-5-7-15(8-6-14)27(19,23)24/h3-9H,10-11H2,1-2H3,(H,20,21)(H2,19,23,24). The Balaban J connectivity index is 1.85. The lowest BCUT2D eigenvalue weighted by atomic mass is 10.1. The van der Waals surface area contributed by atoms with E-state index >= 15 is 0 Å². The zero-order chi connectivity index (χ0) is 20.0. The highest BCUT2D eigenvalue weighted by Gasteiger charge is 2.11. The number of esters is 1. The van der Waals surface area contributed by atoms with E-state index in [0.717, 1.165) is 5.56 Å². The highest BCUT2D eigenvalue weighted by atomic mass is 32.2. The van der Waals surface area contributed by atoms with Gasteiger partial charge in [0.1, 0.15) is 5.75 Å². The average Bonchev–Trinajstić information content (AvgIpc) is 2.61. The molecule has 27 heavy (non-hydrogen) atoms. The number of hydrogen-bond acceptors (Lipinski definition) is 6. The number of rotatable bonds is 7. The van der Waals surface area contributed by atoms with Crippen molar-refractivity contribution in [3.8, 4) is 5.75 Å². The molecular weight excluding hydrogens is 372 g/mol. The number of primary sulfonamides is 1. The highest BCUT2D eigenvalue weighted by Crippen LogP contribution is 2.19. The van der Waals surface area contributed by atoms with Crippen LogP contribution in [0, 0.1) is 6.92 Å². The smallest absolute Gasteiger partial charge is 0.310 e. The second-order valence-electron chi connectivity index (χ2n) is 5.76.